The zero-order valence-electron chi connectivity index (χ0n) is 10.2. The van der Waals surface area contributed by atoms with Crippen molar-refractivity contribution in [2.24, 2.45) is 0 Å². The normalized spacial score (nSPS) is 24.7. The summed E-state index contributed by atoms with van der Waals surface area (Å²) in [5.74, 6) is 0.130. The minimum Gasteiger partial charge on any atom is -0.396 e. The predicted molar refractivity (Wildman–Crippen MR) is 59.6 cm³/mol. The van der Waals surface area contributed by atoms with Crippen LogP contribution in [0.2, 0.25) is 0 Å². The Hall–Kier alpha value is -0.610. The maximum Gasteiger partial charge on any atom is 0.239 e. The zero-order chi connectivity index (χ0) is 11.6. The smallest absolute Gasteiger partial charge is 0.239 e. The highest BCUT2D eigenvalue weighted by Gasteiger charge is 2.37. The standard InChI is InChI=1S/C11H22N2O2/c1-11(2,3)13-7-6-12(4)10(15)9(13)5-8-14/h9,14H,5-8H2,1-4H3. The SMILES string of the molecule is CN1CCN(C(C)(C)C)C(CCO)C1=O. The number of hydrogen-bond acceptors (Lipinski definition) is 3. The predicted octanol–water partition coefficient (Wildman–Crippen LogP) is 0.310. The molecule has 1 aliphatic rings. The monoisotopic (exact) mass is 214 g/mol. The third kappa shape index (κ3) is 2.69. The molecule has 1 fully saturated rings. The van der Waals surface area contributed by atoms with Crippen LogP contribution in [0.25, 0.3) is 0 Å². The molecule has 15 heavy (non-hydrogen) atoms. The minimum absolute atomic E-state index is 0.0171. The average molecular weight is 214 g/mol. The second-order valence-electron chi connectivity index (χ2n) is 5.15. The first-order chi connectivity index (χ1) is 6.88. The number of likely N-dealkylation sites (N-methyl/N-ethyl adjacent to an activating group) is 1. The molecule has 0 aromatic rings. The van der Waals surface area contributed by atoms with Crippen molar-refractivity contribution in [1.29, 1.82) is 0 Å². The fourth-order valence-corrected chi connectivity index (χ4v) is 2.12. The van der Waals surface area contributed by atoms with Crippen LogP contribution in [0.15, 0.2) is 0 Å². The molecule has 1 N–H and O–H groups in total. The van der Waals surface area contributed by atoms with Gasteiger partial charge >= 0.3 is 0 Å². The Bertz CT molecular complexity index is 235. The lowest BCUT2D eigenvalue weighted by atomic mass is 9.98. The van der Waals surface area contributed by atoms with Gasteiger partial charge in [0.05, 0.1) is 6.04 Å². The van der Waals surface area contributed by atoms with Gasteiger partial charge in [0.15, 0.2) is 0 Å². The molecule has 0 aliphatic carbocycles. The van der Waals surface area contributed by atoms with Crippen molar-refractivity contribution >= 4 is 5.91 Å². The molecule has 0 radical (unpaired) electrons. The van der Waals surface area contributed by atoms with Crippen molar-refractivity contribution < 1.29 is 9.90 Å². The van der Waals surface area contributed by atoms with Crippen molar-refractivity contribution in [1.82, 2.24) is 9.80 Å². The van der Waals surface area contributed by atoms with Gasteiger partial charge in [0, 0.05) is 32.3 Å². The Kier molecular flexibility index (Phi) is 3.73. The number of carbonyl (C=O) groups excluding carboxylic acids is 1. The molecule has 0 aromatic heterocycles. The number of amides is 1. The summed E-state index contributed by atoms with van der Waals surface area (Å²) in [6, 6.07) is -0.159. The molecule has 0 saturated carbocycles. The van der Waals surface area contributed by atoms with Gasteiger partial charge in [0.1, 0.15) is 0 Å². The second kappa shape index (κ2) is 4.49. The van der Waals surface area contributed by atoms with E-state index in [1.807, 2.05) is 7.05 Å². The van der Waals surface area contributed by atoms with E-state index < -0.39 is 0 Å². The van der Waals surface area contributed by atoms with Gasteiger partial charge in [-0.1, -0.05) is 0 Å². The van der Waals surface area contributed by atoms with Gasteiger partial charge in [-0.05, 0) is 27.2 Å². The van der Waals surface area contributed by atoms with Gasteiger partial charge in [-0.15, -0.1) is 0 Å². The van der Waals surface area contributed by atoms with Crippen LogP contribution >= 0.6 is 0 Å². The van der Waals surface area contributed by atoms with E-state index in [1.165, 1.54) is 0 Å². The third-order valence-electron chi connectivity index (χ3n) is 2.98. The van der Waals surface area contributed by atoms with Crippen LogP contribution in [0.5, 0.6) is 0 Å². The summed E-state index contributed by atoms with van der Waals surface area (Å²) in [7, 11) is 1.83. The molecule has 4 heteroatoms. The lowest BCUT2D eigenvalue weighted by molar-refractivity contribution is -0.144. The van der Waals surface area contributed by atoms with Crippen LogP contribution in [-0.2, 0) is 4.79 Å². The van der Waals surface area contributed by atoms with Crippen molar-refractivity contribution in [3.05, 3.63) is 0 Å². The summed E-state index contributed by atoms with van der Waals surface area (Å²) in [6.07, 6.45) is 0.528. The van der Waals surface area contributed by atoms with Crippen molar-refractivity contribution in [3.8, 4) is 0 Å². The summed E-state index contributed by atoms with van der Waals surface area (Å²) < 4.78 is 0. The van der Waals surface area contributed by atoms with Crippen LogP contribution in [0, 0.1) is 0 Å². The van der Waals surface area contributed by atoms with Crippen LogP contribution in [-0.4, -0.2) is 59.1 Å². The average Bonchev–Trinajstić information content (AvgIpc) is 2.11. The molecule has 0 spiro atoms. The Balaban J connectivity index is 2.82. The summed E-state index contributed by atoms with van der Waals surface area (Å²) in [5.41, 5.74) is -0.0171. The minimum atomic E-state index is -0.159. The van der Waals surface area contributed by atoms with Gasteiger partial charge in [0.25, 0.3) is 0 Å². The Morgan fingerprint density at radius 2 is 2.00 bits per heavy atom. The Morgan fingerprint density at radius 3 is 2.47 bits per heavy atom. The lowest BCUT2D eigenvalue weighted by Crippen LogP contribution is -2.61. The quantitative estimate of drug-likeness (QED) is 0.719. The first-order valence-corrected chi connectivity index (χ1v) is 5.50. The van der Waals surface area contributed by atoms with Gasteiger partial charge < -0.3 is 10.0 Å². The molecule has 4 nitrogen and oxygen atoms in total. The number of carbonyl (C=O) groups is 1. The van der Waals surface area contributed by atoms with Crippen LogP contribution in [0.4, 0.5) is 0 Å². The number of rotatable bonds is 2. The van der Waals surface area contributed by atoms with Crippen LogP contribution in [0.3, 0.4) is 0 Å². The maximum absolute atomic E-state index is 11.9. The molecule has 0 aromatic carbocycles. The van der Waals surface area contributed by atoms with E-state index in [9.17, 15) is 4.79 Å². The van der Waals surface area contributed by atoms with E-state index in [-0.39, 0.29) is 24.1 Å². The number of aliphatic hydroxyl groups is 1. The van der Waals surface area contributed by atoms with Gasteiger partial charge in [-0.3, -0.25) is 9.69 Å². The molecule has 1 saturated heterocycles. The zero-order valence-corrected chi connectivity index (χ0v) is 10.2. The fraction of sp³-hybridized carbons (Fsp3) is 0.909. The summed E-state index contributed by atoms with van der Waals surface area (Å²) in [4.78, 5) is 15.9. The fourth-order valence-electron chi connectivity index (χ4n) is 2.12. The van der Waals surface area contributed by atoms with Gasteiger partial charge in [-0.25, -0.2) is 0 Å². The number of nitrogens with zero attached hydrogens (tertiary/aromatic N) is 2. The highest BCUT2D eigenvalue weighted by atomic mass is 16.3. The summed E-state index contributed by atoms with van der Waals surface area (Å²) >= 11 is 0. The van der Waals surface area contributed by atoms with Crippen LogP contribution < -0.4 is 0 Å². The molecular weight excluding hydrogens is 192 g/mol. The first-order valence-electron chi connectivity index (χ1n) is 5.50. The lowest BCUT2D eigenvalue weighted by Gasteiger charge is -2.46. The molecule has 1 unspecified atom stereocenters. The number of piperazine rings is 1. The molecule has 1 rings (SSSR count). The largest absolute Gasteiger partial charge is 0.396 e. The molecule has 1 atom stereocenters. The van der Waals surface area contributed by atoms with Crippen LogP contribution in [0.1, 0.15) is 27.2 Å². The highest BCUT2D eigenvalue weighted by molar-refractivity contribution is 5.82. The van der Waals surface area contributed by atoms with Crippen molar-refractivity contribution in [2.75, 3.05) is 26.7 Å². The Labute approximate surface area is 91.9 Å². The number of hydrogen-bond donors (Lipinski definition) is 1. The third-order valence-corrected chi connectivity index (χ3v) is 2.98. The van der Waals surface area contributed by atoms with E-state index in [0.29, 0.717) is 6.42 Å². The molecule has 1 amide bonds. The Morgan fingerprint density at radius 1 is 1.40 bits per heavy atom. The van der Waals surface area contributed by atoms with E-state index in [4.69, 9.17) is 5.11 Å². The van der Waals surface area contributed by atoms with E-state index in [1.54, 1.807) is 4.90 Å². The molecule has 0 bridgehead atoms. The highest BCUT2D eigenvalue weighted by Crippen LogP contribution is 2.23. The topological polar surface area (TPSA) is 43.8 Å². The van der Waals surface area contributed by atoms with Crippen molar-refractivity contribution in [3.63, 3.8) is 0 Å². The van der Waals surface area contributed by atoms with E-state index in [2.05, 4.69) is 25.7 Å². The molecule has 88 valence electrons. The number of aliphatic hydroxyl groups excluding tert-OH is 1. The second-order valence-corrected chi connectivity index (χ2v) is 5.15. The van der Waals surface area contributed by atoms with Gasteiger partial charge in [-0.2, -0.15) is 0 Å². The van der Waals surface area contributed by atoms with Gasteiger partial charge in [0.2, 0.25) is 5.91 Å². The summed E-state index contributed by atoms with van der Waals surface area (Å²) in [5, 5.41) is 9.01. The maximum atomic E-state index is 11.9. The van der Waals surface area contributed by atoms with Crippen molar-refractivity contribution in [2.45, 2.75) is 38.8 Å². The molecular formula is C11H22N2O2. The molecule has 1 heterocycles. The summed E-state index contributed by atoms with van der Waals surface area (Å²) in [6.45, 7) is 8.05. The first kappa shape index (κ1) is 12.5. The van der Waals surface area contributed by atoms with E-state index >= 15 is 0 Å². The molecule has 1 aliphatic heterocycles. The van der Waals surface area contributed by atoms with E-state index in [0.717, 1.165) is 13.1 Å².